The molecule has 2 rings (SSSR count). The van der Waals surface area contributed by atoms with Crippen molar-refractivity contribution in [1.82, 2.24) is 0 Å². The molecule has 1 aromatic rings. The monoisotopic (exact) mass is 323 g/mol. The highest BCUT2D eigenvalue weighted by Crippen LogP contribution is 2.26. The molecule has 9 heteroatoms. The Balaban J connectivity index is 0.00000200. The van der Waals surface area contributed by atoms with E-state index in [0.717, 1.165) is 12.3 Å². The van der Waals surface area contributed by atoms with Crippen LogP contribution in [0.25, 0.3) is 0 Å². The topological polar surface area (TPSA) is 92.5 Å². The number of nitrogens with two attached hydrogens (primary N) is 1. The Morgan fingerprint density at radius 1 is 1.45 bits per heavy atom. The number of halogens is 2. The molecule has 1 amide bonds. The predicted molar refractivity (Wildman–Crippen MR) is 77.1 cm³/mol. The molecular formula is C11H15ClFN3O3S. The van der Waals surface area contributed by atoms with Gasteiger partial charge in [0.25, 0.3) is 0 Å². The minimum atomic E-state index is -3.46. The van der Waals surface area contributed by atoms with E-state index in [4.69, 9.17) is 5.73 Å². The van der Waals surface area contributed by atoms with Crippen molar-refractivity contribution >= 4 is 39.7 Å². The van der Waals surface area contributed by atoms with Crippen LogP contribution in [0.4, 0.5) is 15.8 Å². The van der Waals surface area contributed by atoms with Gasteiger partial charge in [-0.05, 0) is 18.6 Å². The lowest BCUT2D eigenvalue weighted by Gasteiger charge is -2.17. The lowest BCUT2D eigenvalue weighted by Crippen LogP contribution is -2.34. The summed E-state index contributed by atoms with van der Waals surface area (Å²) in [4.78, 5) is 13.0. The molecule has 0 spiro atoms. The molecule has 20 heavy (non-hydrogen) atoms. The summed E-state index contributed by atoms with van der Waals surface area (Å²) < 4.78 is 38.1. The van der Waals surface area contributed by atoms with E-state index in [0.29, 0.717) is 13.0 Å². The number of sulfonamides is 1. The first-order chi connectivity index (χ1) is 8.78. The molecule has 6 nitrogen and oxygen atoms in total. The Labute approximate surface area is 122 Å². The van der Waals surface area contributed by atoms with E-state index in [9.17, 15) is 17.6 Å². The molecule has 0 saturated carbocycles. The van der Waals surface area contributed by atoms with E-state index >= 15 is 0 Å². The van der Waals surface area contributed by atoms with Gasteiger partial charge < -0.3 is 10.6 Å². The van der Waals surface area contributed by atoms with Gasteiger partial charge in [-0.25, -0.2) is 12.8 Å². The van der Waals surface area contributed by atoms with Crippen LogP contribution >= 0.6 is 12.4 Å². The lowest BCUT2D eigenvalue weighted by molar-refractivity contribution is -0.118. The van der Waals surface area contributed by atoms with Crippen molar-refractivity contribution in [3.8, 4) is 0 Å². The van der Waals surface area contributed by atoms with Gasteiger partial charge in [0, 0.05) is 12.6 Å². The number of nitrogens with zero attached hydrogens (tertiary/aromatic N) is 1. The molecule has 3 N–H and O–H groups in total. The minimum absolute atomic E-state index is 0. The van der Waals surface area contributed by atoms with E-state index < -0.39 is 21.9 Å². The van der Waals surface area contributed by atoms with Crippen molar-refractivity contribution in [2.24, 2.45) is 5.73 Å². The Morgan fingerprint density at radius 3 is 2.55 bits per heavy atom. The highest BCUT2D eigenvalue weighted by Gasteiger charge is 2.31. The molecule has 112 valence electrons. The van der Waals surface area contributed by atoms with Gasteiger partial charge in [-0.1, -0.05) is 0 Å². The Kier molecular flexibility index (Phi) is 4.95. The maximum atomic E-state index is 13.9. The summed E-state index contributed by atoms with van der Waals surface area (Å²) in [6.45, 7) is 0.357. The molecule has 1 fully saturated rings. The fourth-order valence-corrected chi connectivity index (χ4v) is 2.50. The van der Waals surface area contributed by atoms with Crippen LogP contribution in [0.1, 0.15) is 6.42 Å². The van der Waals surface area contributed by atoms with Crippen molar-refractivity contribution < 1.29 is 17.6 Å². The highest BCUT2D eigenvalue weighted by molar-refractivity contribution is 7.92. The van der Waals surface area contributed by atoms with Crippen LogP contribution in [0, 0.1) is 5.82 Å². The second-order valence-corrected chi connectivity index (χ2v) is 6.17. The van der Waals surface area contributed by atoms with Gasteiger partial charge in [0.15, 0.2) is 0 Å². The molecular weight excluding hydrogens is 309 g/mol. The van der Waals surface area contributed by atoms with Crippen LogP contribution in [0.2, 0.25) is 0 Å². The average molecular weight is 324 g/mol. The van der Waals surface area contributed by atoms with Gasteiger partial charge >= 0.3 is 0 Å². The molecule has 1 aliphatic heterocycles. The van der Waals surface area contributed by atoms with Crippen LogP contribution in [-0.2, 0) is 14.8 Å². The van der Waals surface area contributed by atoms with Crippen molar-refractivity contribution in [3.05, 3.63) is 24.0 Å². The third-order valence-electron chi connectivity index (χ3n) is 2.79. The van der Waals surface area contributed by atoms with E-state index in [-0.39, 0.29) is 29.7 Å². The van der Waals surface area contributed by atoms with Crippen LogP contribution < -0.4 is 15.4 Å². The number of rotatable bonds is 3. The predicted octanol–water partition coefficient (Wildman–Crippen LogP) is 0.683. The maximum absolute atomic E-state index is 13.9. The molecule has 0 aromatic heterocycles. The number of hydrogen-bond donors (Lipinski definition) is 2. The number of hydrogen-bond acceptors (Lipinski definition) is 4. The van der Waals surface area contributed by atoms with Crippen LogP contribution in [0.5, 0.6) is 0 Å². The smallest absolute Gasteiger partial charge is 0.244 e. The zero-order valence-corrected chi connectivity index (χ0v) is 12.3. The molecule has 0 aliphatic carbocycles. The summed E-state index contributed by atoms with van der Waals surface area (Å²) in [6.07, 6.45) is 1.45. The van der Waals surface area contributed by atoms with E-state index in [1.54, 1.807) is 0 Å². The van der Waals surface area contributed by atoms with E-state index in [1.165, 1.54) is 17.0 Å². The zero-order chi connectivity index (χ0) is 14.2. The maximum Gasteiger partial charge on any atom is 0.244 e. The Morgan fingerprint density at radius 2 is 2.10 bits per heavy atom. The molecule has 1 atom stereocenters. The van der Waals surface area contributed by atoms with E-state index in [2.05, 4.69) is 4.72 Å². The summed E-state index contributed by atoms with van der Waals surface area (Å²) in [5.41, 5.74) is 5.78. The van der Waals surface area contributed by atoms with Crippen molar-refractivity contribution in [2.45, 2.75) is 12.5 Å². The molecule has 0 bridgehead atoms. The van der Waals surface area contributed by atoms with Crippen molar-refractivity contribution in [1.29, 1.82) is 0 Å². The van der Waals surface area contributed by atoms with E-state index in [1.807, 2.05) is 0 Å². The Bertz CT molecular complexity index is 623. The highest BCUT2D eigenvalue weighted by atomic mass is 35.5. The second kappa shape index (κ2) is 5.94. The first-order valence-corrected chi connectivity index (χ1v) is 7.51. The molecule has 1 saturated heterocycles. The fourth-order valence-electron chi connectivity index (χ4n) is 1.94. The molecule has 1 aliphatic rings. The van der Waals surface area contributed by atoms with Crippen LogP contribution in [0.15, 0.2) is 18.2 Å². The third kappa shape index (κ3) is 3.59. The number of benzene rings is 1. The van der Waals surface area contributed by atoms with Crippen molar-refractivity contribution in [3.63, 3.8) is 0 Å². The molecule has 0 unspecified atom stereocenters. The first kappa shape index (κ1) is 16.7. The van der Waals surface area contributed by atoms with Gasteiger partial charge in [-0.2, -0.15) is 0 Å². The molecule has 0 radical (unpaired) electrons. The summed E-state index contributed by atoms with van der Waals surface area (Å²) in [5, 5.41) is 0. The SMILES string of the molecule is CS(=O)(=O)Nc1ccc(N2CC[C@H](N)C2=O)c(F)c1.Cl. The van der Waals surface area contributed by atoms with Gasteiger partial charge in [-0.15, -0.1) is 12.4 Å². The standard InChI is InChI=1S/C11H14FN3O3S.ClH/c1-19(17,18)14-7-2-3-10(8(12)6-7)15-5-4-9(13)11(15)16;/h2-3,6,9,14H,4-5,13H2,1H3;1H/t9-;/m0./s1. The molecule has 1 aromatic carbocycles. The average Bonchev–Trinajstić information content (AvgIpc) is 2.58. The Hall–Kier alpha value is -1.38. The summed E-state index contributed by atoms with van der Waals surface area (Å²) >= 11 is 0. The third-order valence-corrected chi connectivity index (χ3v) is 3.40. The molecule has 1 heterocycles. The zero-order valence-electron chi connectivity index (χ0n) is 10.7. The van der Waals surface area contributed by atoms with Gasteiger partial charge in [0.1, 0.15) is 5.82 Å². The fraction of sp³-hybridized carbons (Fsp3) is 0.364. The lowest BCUT2D eigenvalue weighted by atomic mass is 10.2. The normalized spacial score (nSPS) is 18.9. The number of carbonyl (C=O) groups is 1. The van der Waals surface area contributed by atoms with Gasteiger partial charge in [0.2, 0.25) is 15.9 Å². The number of carbonyl (C=O) groups excluding carboxylic acids is 1. The number of amides is 1. The van der Waals surface area contributed by atoms with Gasteiger partial charge in [-0.3, -0.25) is 9.52 Å². The first-order valence-electron chi connectivity index (χ1n) is 5.62. The van der Waals surface area contributed by atoms with Crippen LogP contribution in [0.3, 0.4) is 0 Å². The largest absolute Gasteiger partial charge is 0.320 e. The van der Waals surface area contributed by atoms with Crippen molar-refractivity contribution in [2.75, 3.05) is 22.4 Å². The van der Waals surface area contributed by atoms with Crippen LogP contribution in [-0.4, -0.2) is 33.2 Å². The second-order valence-electron chi connectivity index (χ2n) is 4.43. The quantitative estimate of drug-likeness (QED) is 0.855. The summed E-state index contributed by atoms with van der Waals surface area (Å²) in [5.74, 6) is -1.00. The number of nitrogens with one attached hydrogen (secondary N) is 1. The minimum Gasteiger partial charge on any atom is -0.320 e. The van der Waals surface area contributed by atoms with Gasteiger partial charge in [0.05, 0.1) is 23.7 Å². The summed E-state index contributed by atoms with van der Waals surface area (Å²) in [6, 6.07) is 3.19. The number of anilines is 2. The summed E-state index contributed by atoms with van der Waals surface area (Å²) in [7, 11) is -3.46.